The summed E-state index contributed by atoms with van der Waals surface area (Å²) in [7, 11) is 0. The number of aliphatic hydroxyl groups is 3. The van der Waals surface area contributed by atoms with E-state index in [0.717, 1.165) is 57.8 Å². The standard InChI is InChI=1S/C38H68O11/c1-3-5-7-9-11-13-15-17-18-20-22-24-26-31(39)46-28-30(29-47-38-35(43)33(41)34(42)36(49-38)37(44)45)48-32(40)27-25-23-21-19-16-14-12-10-8-6-4-2/h11,13,30,33-36,38,41-43H,3-10,12,14-29H2,1-2H3,(H,44,45)/b13-11-. The Morgan fingerprint density at radius 2 is 1.08 bits per heavy atom. The first-order chi connectivity index (χ1) is 23.7. The number of aliphatic carboxylic acids is 1. The molecule has 0 spiro atoms. The number of carbonyl (C=O) groups is 3. The van der Waals surface area contributed by atoms with Gasteiger partial charge in [0.05, 0.1) is 6.61 Å². The molecule has 1 heterocycles. The molecule has 6 unspecified atom stereocenters. The number of carboxylic acid groups (broad SMARTS) is 1. The maximum absolute atomic E-state index is 12.7. The molecule has 49 heavy (non-hydrogen) atoms. The molecule has 0 aromatic heterocycles. The summed E-state index contributed by atoms with van der Waals surface area (Å²) >= 11 is 0. The lowest BCUT2D eigenvalue weighted by Crippen LogP contribution is -2.60. The van der Waals surface area contributed by atoms with Gasteiger partial charge in [0, 0.05) is 12.8 Å². The van der Waals surface area contributed by atoms with Crippen LogP contribution in [0.25, 0.3) is 0 Å². The summed E-state index contributed by atoms with van der Waals surface area (Å²) < 4.78 is 21.6. The second-order valence-corrected chi connectivity index (χ2v) is 13.4. The first kappa shape index (κ1) is 45.0. The minimum absolute atomic E-state index is 0.185. The lowest BCUT2D eigenvalue weighted by Gasteiger charge is -2.38. The number of aliphatic hydroxyl groups excluding tert-OH is 3. The minimum atomic E-state index is -1.86. The third-order valence-electron chi connectivity index (χ3n) is 8.86. The number of unbranched alkanes of at least 4 members (excludes halogenated alkanes) is 18. The van der Waals surface area contributed by atoms with E-state index in [1.54, 1.807) is 0 Å². The van der Waals surface area contributed by atoms with E-state index in [4.69, 9.17) is 18.9 Å². The minimum Gasteiger partial charge on any atom is -0.479 e. The summed E-state index contributed by atoms with van der Waals surface area (Å²) in [5.41, 5.74) is 0. The normalized spacial score (nSPS) is 21.5. The van der Waals surface area contributed by atoms with Crippen LogP contribution in [-0.4, -0.2) is 88.4 Å². The van der Waals surface area contributed by atoms with E-state index in [1.807, 2.05) is 0 Å². The van der Waals surface area contributed by atoms with Crippen molar-refractivity contribution >= 4 is 17.9 Å². The van der Waals surface area contributed by atoms with Crippen LogP contribution in [0.3, 0.4) is 0 Å². The number of esters is 2. The quantitative estimate of drug-likeness (QED) is 0.0337. The van der Waals surface area contributed by atoms with Gasteiger partial charge in [0.2, 0.25) is 0 Å². The fourth-order valence-electron chi connectivity index (χ4n) is 5.75. The predicted octanol–water partition coefficient (Wildman–Crippen LogP) is 6.92. The Morgan fingerprint density at radius 1 is 0.612 bits per heavy atom. The van der Waals surface area contributed by atoms with E-state index in [2.05, 4.69) is 26.0 Å². The largest absolute Gasteiger partial charge is 0.479 e. The average molecular weight is 701 g/mol. The lowest BCUT2D eigenvalue weighted by atomic mass is 9.99. The van der Waals surface area contributed by atoms with Gasteiger partial charge in [-0.25, -0.2) is 4.79 Å². The number of rotatable bonds is 31. The van der Waals surface area contributed by atoms with Crippen LogP contribution in [0.1, 0.15) is 162 Å². The Labute approximate surface area is 295 Å². The number of allylic oxidation sites excluding steroid dienone is 2. The third kappa shape index (κ3) is 22.4. The van der Waals surface area contributed by atoms with E-state index in [9.17, 15) is 34.8 Å². The van der Waals surface area contributed by atoms with Crippen LogP contribution in [0, 0.1) is 0 Å². The van der Waals surface area contributed by atoms with Crippen molar-refractivity contribution < 1.29 is 53.8 Å². The van der Waals surface area contributed by atoms with Crippen LogP contribution >= 0.6 is 0 Å². The number of hydrogen-bond acceptors (Lipinski definition) is 10. The molecular formula is C38H68O11. The predicted molar refractivity (Wildman–Crippen MR) is 188 cm³/mol. The van der Waals surface area contributed by atoms with Gasteiger partial charge < -0.3 is 39.4 Å². The van der Waals surface area contributed by atoms with Gasteiger partial charge in [0.15, 0.2) is 18.5 Å². The molecule has 1 fully saturated rings. The molecule has 11 heteroatoms. The molecule has 0 saturated carbocycles. The van der Waals surface area contributed by atoms with Gasteiger partial charge in [0.25, 0.3) is 0 Å². The lowest BCUT2D eigenvalue weighted by molar-refractivity contribution is -0.298. The molecule has 1 aliphatic rings. The second kappa shape index (κ2) is 29.7. The topological polar surface area (TPSA) is 169 Å². The smallest absolute Gasteiger partial charge is 0.335 e. The van der Waals surface area contributed by atoms with Gasteiger partial charge in [0.1, 0.15) is 24.9 Å². The first-order valence-electron chi connectivity index (χ1n) is 19.2. The van der Waals surface area contributed by atoms with E-state index in [1.165, 1.54) is 64.2 Å². The van der Waals surface area contributed by atoms with Crippen molar-refractivity contribution in [2.75, 3.05) is 13.2 Å². The first-order valence-corrected chi connectivity index (χ1v) is 19.2. The molecule has 1 rings (SSSR count). The summed E-state index contributed by atoms with van der Waals surface area (Å²) in [5, 5.41) is 39.6. The monoisotopic (exact) mass is 700 g/mol. The van der Waals surface area contributed by atoms with E-state index >= 15 is 0 Å². The van der Waals surface area contributed by atoms with Gasteiger partial charge >= 0.3 is 17.9 Å². The van der Waals surface area contributed by atoms with Crippen LogP contribution in [-0.2, 0) is 33.3 Å². The highest BCUT2D eigenvalue weighted by Gasteiger charge is 2.47. The van der Waals surface area contributed by atoms with Crippen molar-refractivity contribution in [1.82, 2.24) is 0 Å². The molecule has 4 N–H and O–H groups in total. The fourth-order valence-corrected chi connectivity index (χ4v) is 5.75. The summed E-state index contributed by atoms with van der Waals surface area (Å²) in [6.45, 7) is 3.74. The highest BCUT2D eigenvalue weighted by molar-refractivity contribution is 5.73. The summed E-state index contributed by atoms with van der Waals surface area (Å²) in [4.78, 5) is 36.5. The van der Waals surface area contributed by atoms with Crippen LogP contribution in [0.4, 0.5) is 0 Å². The van der Waals surface area contributed by atoms with E-state index < -0.39 is 54.7 Å². The Morgan fingerprint density at radius 3 is 1.63 bits per heavy atom. The van der Waals surface area contributed by atoms with Gasteiger partial charge in [-0.1, -0.05) is 122 Å². The zero-order valence-electron chi connectivity index (χ0n) is 30.4. The van der Waals surface area contributed by atoms with Crippen LogP contribution in [0.5, 0.6) is 0 Å². The highest BCUT2D eigenvalue weighted by Crippen LogP contribution is 2.23. The molecule has 6 atom stereocenters. The fraction of sp³-hybridized carbons (Fsp3) is 0.868. The Kier molecular flexibility index (Phi) is 27.2. The Bertz CT molecular complexity index is 880. The second-order valence-electron chi connectivity index (χ2n) is 13.4. The van der Waals surface area contributed by atoms with Gasteiger partial charge in [-0.3, -0.25) is 9.59 Å². The average Bonchev–Trinajstić information content (AvgIpc) is 3.08. The zero-order valence-corrected chi connectivity index (χ0v) is 30.4. The Balaban J connectivity index is 2.45. The number of hydrogen-bond donors (Lipinski definition) is 4. The summed E-state index contributed by atoms with van der Waals surface area (Å²) in [5.74, 6) is -2.45. The highest BCUT2D eigenvalue weighted by atomic mass is 16.7. The molecular weight excluding hydrogens is 632 g/mol. The SMILES string of the molecule is CCCCC/C=C\CCCCCCCC(=O)OCC(COC1OC(C(=O)O)C(O)C(O)C1O)OC(=O)CCCCCCCCCCCCC. The molecule has 286 valence electrons. The maximum Gasteiger partial charge on any atom is 0.335 e. The van der Waals surface area contributed by atoms with Crippen LogP contribution < -0.4 is 0 Å². The van der Waals surface area contributed by atoms with E-state index in [0.29, 0.717) is 12.8 Å². The third-order valence-corrected chi connectivity index (χ3v) is 8.86. The molecule has 1 saturated heterocycles. The Hall–Kier alpha value is -2.05. The number of ether oxygens (including phenoxy) is 4. The number of carbonyl (C=O) groups excluding carboxylic acids is 2. The summed E-state index contributed by atoms with van der Waals surface area (Å²) in [6, 6.07) is 0. The van der Waals surface area contributed by atoms with Gasteiger partial charge in [-0.05, 0) is 38.5 Å². The van der Waals surface area contributed by atoms with Gasteiger partial charge in [-0.15, -0.1) is 0 Å². The number of carboxylic acids is 1. The zero-order chi connectivity index (χ0) is 36.1. The van der Waals surface area contributed by atoms with Gasteiger partial charge in [-0.2, -0.15) is 0 Å². The van der Waals surface area contributed by atoms with Crippen molar-refractivity contribution in [3.05, 3.63) is 12.2 Å². The van der Waals surface area contributed by atoms with Crippen LogP contribution in [0.2, 0.25) is 0 Å². The molecule has 0 aromatic carbocycles. The molecule has 0 radical (unpaired) electrons. The molecule has 11 nitrogen and oxygen atoms in total. The maximum atomic E-state index is 12.7. The van der Waals surface area contributed by atoms with Crippen molar-refractivity contribution in [2.45, 2.75) is 198 Å². The molecule has 0 bridgehead atoms. The molecule has 0 amide bonds. The summed E-state index contributed by atoms with van der Waals surface area (Å²) in [6.07, 6.45) is 18.5. The van der Waals surface area contributed by atoms with Crippen molar-refractivity contribution in [1.29, 1.82) is 0 Å². The molecule has 1 aliphatic heterocycles. The van der Waals surface area contributed by atoms with Crippen LogP contribution in [0.15, 0.2) is 12.2 Å². The van der Waals surface area contributed by atoms with Crippen molar-refractivity contribution in [3.63, 3.8) is 0 Å². The van der Waals surface area contributed by atoms with Crippen molar-refractivity contribution in [3.8, 4) is 0 Å². The molecule has 0 aromatic rings. The van der Waals surface area contributed by atoms with Crippen molar-refractivity contribution in [2.24, 2.45) is 0 Å². The molecule has 0 aliphatic carbocycles. The van der Waals surface area contributed by atoms with E-state index in [-0.39, 0.29) is 26.1 Å².